The third-order valence-electron chi connectivity index (χ3n) is 4.21. The number of carbonyl (C=O) groups excluding carboxylic acids is 1. The van der Waals surface area contributed by atoms with Crippen LogP contribution in [0.2, 0.25) is 0 Å². The predicted molar refractivity (Wildman–Crippen MR) is 113 cm³/mol. The fourth-order valence-corrected chi connectivity index (χ4v) is 3.65. The number of amides is 1. The van der Waals surface area contributed by atoms with Crippen molar-refractivity contribution in [1.82, 2.24) is 9.97 Å². The number of nitrogens with one attached hydrogen (secondary N) is 1. The second kappa shape index (κ2) is 7.78. The summed E-state index contributed by atoms with van der Waals surface area (Å²) in [6, 6.07) is 14.9. The van der Waals surface area contributed by atoms with E-state index in [1.165, 1.54) is 0 Å². The topological polar surface area (TPSA) is 64.1 Å². The van der Waals surface area contributed by atoms with Gasteiger partial charge in [0.2, 0.25) is 0 Å². The molecule has 140 valence electrons. The van der Waals surface area contributed by atoms with Crippen molar-refractivity contribution >= 4 is 33.8 Å². The fourth-order valence-electron chi connectivity index (χ4n) is 2.99. The van der Waals surface area contributed by atoms with Crippen LogP contribution >= 0.6 is 11.3 Å². The van der Waals surface area contributed by atoms with Gasteiger partial charge in [0.15, 0.2) is 0 Å². The maximum atomic E-state index is 12.7. The minimum absolute atomic E-state index is 0.0918. The van der Waals surface area contributed by atoms with Crippen molar-refractivity contribution in [1.29, 1.82) is 0 Å². The van der Waals surface area contributed by atoms with Crippen molar-refractivity contribution in [2.24, 2.45) is 0 Å². The summed E-state index contributed by atoms with van der Waals surface area (Å²) in [5.74, 6) is 0.557. The molecule has 0 unspecified atom stereocenters. The maximum absolute atomic E-state index is 12.7. The lowest BCUT2D eigenvalue weighted by Gasteiger charge is -2.12. The van der Waals surface area contributed by atoms with Crippen LogP contribution in [0.3, 0.4) is 0 Å². The molecule has 0 aliphatic rings. The normalized spacial score (nSPS) is 11.0. The lowest BCUT2D eigenvalue weighted by Crippen LogP contribution is -2.12. The first-order valence-corrected chi connectivity index (χ1v) is 9.84. The highest BCUT2D eigenvalue weighted by Crippen LogP contribution is 2.32. The van der Waals surface area contributed by atoms with E-state index in [9.17, 15) is 4.79 Å². The summed E-state index contributed by atoms with van der Waals surface area (Å²) in [6.07, 6.45) is 3.69. The van der Waals surface area contributed by atoms with Crippen LogP contribution in [0.4, 0.5) is 5.69 Å². The number of pyridine rings is 1. The van der Waals surface area contributed by atoms with Gasteiger partial charge >= 0.3 is 0 Å². The zero-order chi connectivity index (χ0) is 19.5. The molecule has 0 saturated carbocycles. The van der Waals surface area contributed by atoms with Crippen LogP contribution in [0, 0.1) is 0 Å². The number of nitrogens with zero attached hydrogens (tertiary/aromatic N) is 2. The molecule has 0 spiro atoms. The number of hydrogen-bond donors (Lipinski definition) is 1. The Morgan fingerprint density at radius 3 is 2.64 bits per heavy atom. The van der Waals surface area contributed by atoms with Gasteiger partial charge in [-0.2, -0.15) is 0 Å². The van der Waals surface area contributed by atoms with Crippen molar-refractivity contribution in [2.45, 2.75) is 20.0 Å². The number of carbonyl (C=O) groups is 1. The number of benzene rings is 2. The number of aromatic nitrogens is 2. The quantitative estimate of drug-likeness (QED) is 0.496. The van der Waals surface area contributed by atoms with Crippen LogP contribution in [0.5, 0.6) is 5.75 Å². The molecule has 5 nitrogen and oxygen atoms in total. The third kappa shape index (κ3) is 3.73. The molecular weight excluding hydrogens is 370 g/mol. The lowest BCUT2D eigenvalue weighted by molar-refractivity contribution is 0.102. The molecule has 2 aromatic carbocycles. The average molecular weight is 389 g/mol. The summed E-state index contributed by atoms with van der Waals surface area (Å²) in [6.45, 7) is 3.93. The van der Waals surface area contributed by atoms with E-state index in [2.05, 4.69) is 15.3 Å². The Morgan fingerprint density at radius 1 is 1.11 bits per heavy atom. The van der Waals surface area contributed by atoms with Gasteiger partial charge in [-0.3, -0.25) is 14.8 Å². The molecule has 2 aromatic heterocycles. The number of hydrogen-bond acceptors (Lipinski definition) is 5. The molecule has 0 saturated heterocycles. The van der Waals surface area contributed by atoms with E-state index in [4.69, 9.17) is 4.74 Å². The molecule has 0 radical (unpaired) electrons. The van der Waals surface area contributed by atoms with Gasteiger partial charge in [-0.1, -0.05) is 12.1 Å². The zero-order valence-electron chi connectivity index (χ0n) is 15.5. The molecule has 0 atom stereocenters. The van der Waals surface area contributed by atoms with Gasteiger partial charge in [0.1, 0.15) is 5.75 Å². The number of rotatable bonds is 5. The van der Waals surface area contributed by atoms with Crippen LogP contribution in [-0.4, -0.2) is 22.0 Å². The van der Waals surface area contributed by atoms with Crippen molar-refractivity contribution in [3.05, 3.63) is 72.0 Å². The minimum atomic E-state index is -0.186. The summed E-state index contributed by atoms with van der Waals surface area (Å²) < 4.78 is 5.63. The highest BCUT2D eigenvalue weighted by atomic mass is 32.1. The van der Waals surface area contributed by atoms with E-state index in [-0.39, 0.29) is 12.0 Å². The molecule has 1 N–H and O–H groups in total. The Bertz CT molecular complexity index is 1110. The average Bonchev–Trinajstić information content (AvgIpc) is 3.22. The molecule has 0 aliphatic heterocycles. The molecule has 4 aromatic rings. The van der Waals surface area contributed by atoms with Gasteiger partial charge in [0, 0.05) is 28.9 Å². The van der Waals surface area contributed by atoms with Gasteiger partial charge in [-0.15, -0.1) is 11.3 Å². The van der Waals surface area contributed by atoms with Gasteiger partial charge < -0.3 is 10.1 Å². The molecule has 2 heterocycles. The van der Waals surface area contributed by atoms with Crippen LogP contribution in [0.1, 0.15) is 24.2 Å². The summed E-state index contributed by atoms with van der Waals surface area (Å²) in [5.41, 5.74) is 4.85. The van der Waals surface area contributed by atoms with Crippen molar-refractivity contribution in [2.75, 3.05) is 5.32 Å². The Kier molecular flexibility index (Phi) is 5.04. The SMILES string of the molecule is CC(C)Oc1ccc(C(=O)Nc2cccc3c(-c4cncs4)ccnc23)cc1. The summed E-state index contributed by atoms with van der Waals surface area (Å²) in [7, 11) is 0. The van der Waals surface area contributed by atoms with Crippen molar-refractivity contribution in [3.63, 3.8) is 0 Å². The van der Waals surface area contributed by atoms with E-state index in [1.807, 2.05) is 44.3 Å². The number of para-hydroxylation sites is 1. The Hall–Kier alpha value is -3.25. The van der Waals surface area contributed by atoms with Crippen LogP contribution in [0.15, 0.2) is 66.4 Å². The second-order valence-electron chi connectivity index (χ2n) is 6.57. The highest BCUT2D eigenvalue weighted by Gasteiger charge is 2.12. The summed E-state index contributed by atoms with van der Waals surface area (Å²) in [4.78, 5) is 22.4. The number of ether oxygens (including phenoxy) is 1. The van der Waals surface area contributed by atoms with Gasteiger partial charge in [-0.25, -0.2) is 0 Å². The highest BCUT2D eigenvalue weighted by molar-refractivity contribution is 7.13. The smallest absolute Gasteiger partial charge is 0.255 e. The summed E-state index contributed by atoms with van der Waals surface area (Å²) in [5, 5.41) is 3.96. The molecular formula is C22H19N3O2S. The molecule has 6 heteroatoms. The van der Waals surface area contributed by atoms with E-state index < -0.39 is 0 Å². The predicted octanol–water partition coefficient (Wildman–Crippen LogP) is 5.40. The molecule has 4 rings (SSSR count). The minimum Gasteiger partial charge on any atom is -0.491 e. The van der Waals surface area contributed by atoms with E-state index in [0.717, 1.165) is 27.1 Å². The molecule has 0 fully saturated rings. The van der Waals surface area contributed by atoms with Gasteiger partial charge in [0.25, 0.3) is 5.91 Å². The summed E-state index contributed by atoms with van der Waals surface area (Å²) >= 11 is 1.57. The second-order valence-corrected chi connectivity index (χ2v) is 7.46. The van der Waals surface area contributed by atoms with Crippen LogP contribution in [0.25, 0.3) is 21.3 Å². The molecule has 0 aliphatic carbocycles. The number of fused-ring (bicyclic) bond motifs is 1. The molecule has 28 heavy (non-hydrogen) atoms. The van der Waals surface area contributed by atoms with Crippen molar-refractivity contribution in [3.8, 4) is 16.2 Å². The first-order chi connectivity index (χ1) is 13.6. The first-order valence-electron chi connectivity index (χ1n) is 8.96. The van der Waals surface area contributed by atoms with Crippen molar-refractivity contribution < 1.29 is 9.53 Å². The standard InChI is InChI=1S/C22H19N3O2S/c1-14(2)27-16-8-6-15(7-9-16)22(26)25-19-5-3-4-18-17(10-11-24-21(18)19)20-12-23-13-28-20/h3-14H,1-2H3,(H,25,26). The van der Waals surface area contributed by atoms with Crippen LogP contribution < -0.4 is 10.1 Å². The van der Waals surface area contributed by atoms with Gasteiger partial charge in [-0.05, 0) is 50.2 Å². The first kappa shape index (κ1) is 18.1. The Balaban J connectivity index is 1.63. The number of anilines is 1. The monoisotopic (exact) mass is 389 g/mol. The largest absolute Gasteiger partial charge is 0.491 e. The molecule has 0 bridgehead atoms. The lowest BCUT2D eigenvalue weighted by atomic mass is 10.1. The van der Waals surface area contributed by atoms with Crippen LogP contribution in [-0.2, 0) is 0 Å². The third-order valence-corrected chi connectivity index (χ3v) is 5.01. The maximum Gasteiger partial charge on any atom is 0.255 e. The Labute approximate surface area is 167 Å². The van der Waals surface area contributed by atoms with Gasteiger partial charge in [0.05, 0.1) is 27.7 Å². The van der Waals surface area contributed by atoms with E-state index >= 15 is 0 Å². The fraction of sp³-hybridized carbons (Fsp3) is 0.136. The zero-order valence-corrected chi connectivity index (χ0v) is 16.4. The Morgan fingerprint density at radius 2 is 1.93 bits per heavy atom. The molecule has 1 amide bonds. The van der Waals surface area contributed by atoms with E-state index in [1.54, 1.807) is 47.3 Å². The van der Waals surface area contributed by atoms with E-state index in [0.29, 0.717) is 11.3 Å². The number of thiazole rings is 1.